The smallest absolute Gasteiger partial charge is 0.354 e. The van der Waals surface area contributed by atoms with Gasteiger partial charge in [0.2, 0.25) is 0 Å². The molecule has 2 aromatic rings. The third-order valence-corrected chi connectivity index (χ3v) is 3.14. The van der Waals surface area contributed by atoms with E-state index in [4.69, 9.17) is 0 Å². The van der Waals surface area contributed by atoms with Gasteiger partial charge >= 0.3 is 5.97 Å². The van der Waals surface area contributed by atoms with Crippen molar-refractivity contribution in [2.45, 2.75) is 32.1 Å². The lowest BCUT2D eigenvalue weighted by molar-refractivity contribution is 0.0685. The van der Waals surface area contributed by atoms with E-state index in [0.717, 1.165) is 30.5 Å². The number of carbonyl (C=O) groups is 1. The van der Waals surface area contributed by atoms with Gasteiger partial charge in [-0.2, -0.15) is 5.10 Å². The minimum atomic E-state index is -0.926. The molecule has 88 valence electrons. The molecule has 0 bridgehead atoms. The van der Waals surface area contributed by atoms with Crippen LogP contribution >= 0.6 is 0 Å². The van der Waals surface area contributed by atoms with E-state index in [1.165, 1.54) is 4.52 Å². The first kappa shape index (κ1) is 10.3. The fourth-order valence-electron chi connectivity index (χ4n) is 2.07. The van der Waals surface area contributed by atoms with Gasteiger partial charge in [0.15, 0.2) is 11.3 Å². The number of hydrogen-bond acceptors (Lipinski definition) is 3. The topological polar surface area (TPSA) is 67.5 Å². The molecule has 1 fully saturated rings. The Morgan fingerprint density at radius 1 is 1.59 bits per heavy atom. The first-order valence-corrected chi connectivity index (χ1v) is 5.81. The Labute approximate surface area is 98.1 Å². The van der Waals surface area contributed by atoms with Crippen molar-refractivity contribution in [1.29, 1.82) is 0 Å². The first-order valence-electron chi connectivity index (χ1n) is 5.81. The number of hydrogen-bond donors (Lipinski definition) is 1. The standard InChI is InChI=1S/C12H13N3O2/c1-2-8-5-10-13-6-9(7-3-4-7)11(12(16)17)15(10)14-8/h5-7H,2-4H2,1H3,(H,16,17). The first-order chi connectivity index (χ1) is 8.20. The lowest BCUT2D eigenvalue weighted by Crippen LogP contribution is -2.11. The van der Waals surface area contributed by atoms with Crippen LogP contribution in [0.1, 0.15) is 47.4 Å². The quantitative estimate of drug-likeness (QED) is 0.875. The van der Waals surface area contributed by atoms with Crippen molar-refractivity contribution in [3.63, 3.8) is 0 Å². The van der Waals surface area contributed by atoms with Gasteiger partial charge in [0.25, 0.3) is 0 Å². The summed E-state index contributed by atoms with van der Waals surface area (Å²) < 4.78 is 1.47. The number of aromatic carboxylic acids is 1. The summed E-state index contributed by atoms with van der Waals surface area (Å²) in [5.41, 5.74) is 2.57. The number of aryl methyl sites for hydroxylation is 1. The Bertz CT molecular complexity index is 599. The summed E-state index contributed by atoms with van der Waals surface area (Å²) in [6.07, 6.45) is 4.57. The molecule has 1 saturated carbocycles. The predicted molar refractivity (Wildman–Crippen MR) is 61.3 cm³/mol. The molecule has 0 atom stereocenters. The highest BCUT2D eigenvalue weighted by Crippen LogP contribution is 2.41. The van der Waals surface area contributed by atoms with E-state index in [1.807, 2.05) is 13.0 Å². The molecule has 0 aromatic carbocycles. The summed E-state index contributed by atoms with van der Waals surface area (Å²) in [7, 11) is 0. The SMILES string of the molecule is CCc1cc2ncc(C3CC3)c(C(=O)O)n2n1. The van der Waals surface area contributed by atoms with Gasteiger partial charge in [0, 0.05) is 17.8 Å². The van der Waals surface area contributed by atoms with Crippen molar-refractivity contribution in [1.82, 2.24) is 14.6 Å². The monoisotopic (exact) mass is 231 g/mol. The zero-order valence-electron chi connectivity index (χ0n) is 9.55. The van der Waals surface area contributed by atoms with E-state index in [-0.39, 0.29) is 5.69 Å². The van der Waals surface area contributed by atoms with Crippen LogP contribution < -0.4 is 0 Å². The second-order valence-electron chi connectivity index (χ2n) is 4.40. The van der Waals surface area contributed by atoms with Gasteiger partial charge in [-0.25, -0.2) is 14.3 Å². The summed E-state index contributed by atoms with van der Waals surface area (Å²) >= 11 is 0. The third kappa shape index (κ3) is 1.58. The molecule has 1 N–H and O–H groups in total. The van der Waals surface area contributed by atoms with Crippen LogP contribution in [0.25, 0.3) is 5.65 Å². The van der Waals surface area contributed by atoms with E-state index >= 15 is 0 Å². The zero-order chi connectivity index (χ0) is 12.0. The maximum Gasteiger partial charge on any atom is 0.354 e. The number of rotatable bonds is 3. The van der Waals surface area contributed by atoms with Crippen LogP contribution in [-0.2, 0) is 6.42 Å². The summed E-state index contributed by atoms with van der Waals surface area (Å²) in [6.45, 7) is 1.99. The second kappa shape index (κ2) is 3.55. The summed E-state index contributed by atoms with van der Waals surface area (Å²) in [4.78, 5) is 15.7. The van der Waals surface area contributed by atoms with Gasteiger partial charge in [-0.3, -0.25) is 0 Å². The molecule has 5 heteroatoms. The Hall–Kier alpha value is -1.91. The molecular weight excluding hydrogens is 218 g/mol. The van der Waals surface area contributed by atoms with Gasteiger partial charge in [0.1, 0.15) is 0 Å². The molecule has 17 heavy (non-hydrogen) atoms. The number of carboxylic acids is 1. The highest BCUT2D eigenvalue weighted by Gasteiger charge is 2.30. The van der Waals surface area contributed by atoms with Gasteiger partial charge in [-0.05, 0) is 25.2 Å². The van der Waals surface area contributed by atoms with Crippen LogP contribution in [0, 0.1) is 0 Å². The minimum absolute atomic E-state index is 0.275. The van der Waals surface area contributed by atoms with Crippen molar-refractivity contribution in [3.05, 3.63) is 29.2 Å². The van der Waals surface area contributed by atoms with Crippen molar-refractivity contribution in [2.75, 3.05) is 0 Å². The lowest BCUT2D eigenvalue weighted by Gasteiger charge is -2.05. The Morgan fingerprint density at radius 2 is 2.35 bits per heavy atom. The molecule has 0 unspecified atom stereocenters. The maximum absolute atomic E-state index is 11.4. The highest BCUT2D eigenvalue weighted by molar-refractivity contribution is 5.88. The van der Waals surface area contributed by atoms with E-state index in [0.29, 0.717) is 11.6 Å². The molecule has 2 aromatic heterocycles. The molecule has 0 saturated heterocycles. The Morgan fingerprint density at radius 3 is 2.94 bits per heavy atom. The van der Waals surface area contributed by atoms with Crippen LogP contribution in [0.3, 0.4) is 0 Å². The molecule has 2 heterocycles. The molecule has 1 aliphatic rings. The van der Waals surface area contributed by atoms with Crippen molar-refractivity contribution in [2.24, 2.45) is 0 Å². The molecule has 0 amide bonds. The fourth-order valence-corrected chi connectivity index (χ4v) is 2.07. The van der Waals surface area contributed by atoms with Crippen molar-refractivity contribution < 1.29 is 9.90 Å². The average Bonchev–Trinajstić information content (AvgIpc) is 3.06. The average molecular weight is 231 g/mol. The van der Waals surface area contributed by atoms with Gasteiger partial charge in [-0.1, -0.05) is 6.92 Å². The molecule has 3 rings (SSSR count). The van der Waals surface area contributed by atoms with E-state index in [1.54, 1.807) is 6.20 Å². The summed E-state index contributed by atoms with van der Waals surface area (Å²) in [5.74, 6) is -0.572. The third-order valence-electron chi connectivity index (χ3n) is 3.14. The lowest BCUT2D eigenvalue weighted by atomic mass is 10.1. The van der Waals surface area contributed by atoms with Gasteiger partial charge in [0.05, 0.1) is 5.69 Å². The van der Waals surface area contributed by atoms with Gasteiger partial charge in [-0.15, -0.1) is 0 Å². The molecule has 5 nitrogen and oxygen atoms in total. The fraction of sp³-hybridized carbons (Fsp3) is 0.417. The maximum atomic E-state index is 11.4. The van der Waals surface area contributed by atoms with Crippen molar-refractivity contribution >= 4 is 11.6 Å². The highest BCUT2D eigenvalue weighted by atomic mass is 16.4. The summed E-state index contributed by atoms with van der Waals surface area (Å²) in [5, 5.41) is 13.6. The number of fused-ring (bicyclic) bond motifs is 1. The largest absolute Gasteiger partial charge is 0.476 e. The minimum Gasteiger partial charge on any atom is -0.476 e. The predicted octanol–water partition coefficient (Wildman–Crippen LogP) is 1.87. The van der Waals surface area contributed by atoms with Crippen LogP contribution in [0.2, 0.25) is 0 Å². The summed E-state index contributed by atoms with van der Waals surface area (Å²) in [6, 6.07) is 1.84. The van der Waals surface area contributed by atoms with Crippen LogP contribution in [-0.4, -0.2) is 25.7 Å². The van der Waals surface area contributed by atoms with E-state index in [9.17, 15) is 9.90 Å². The van der Waals surface area contributed by atoms with Gasteiger partial charge < -0.3 is 5.11 Å². The second-order valence-corrected chi connectivity index (χ2v) is 4.40. The normalized spacial score (nSPS) is 15.4. The van der Waals surface area contributed by atoms with E-state index < -0.39 is 5.97 Å². The molecule has 0 spiro atoms. The molecular formula is C12H13N3O2. The number of aromatic nitrogens is 3. The van der Waals surface area contributed by atoms with Crippen LogP contribution in [0.5, 0.6) is 0 Å². The van der Waals surface area contributed by atoms with Crippen LogP contribution in [0.15, 0.2) is 12.3 Å². The molecule has 0 radical (unpaired) electrons. The molecule has 1 aliphatic carbocycles. The van der Waals surface area contributed by atoms with E-state index in [2.05, 4.69) is 10.1 Å². The Balaban J connectivity index is 2.28. The number of carboxylic acid groups (broad SMARTS) is 1. The van der Waals surface area contributed by atoms with Crippen molar-refractivity contribution in [3.8, 4) is 0 Å². The number of nitrogens with zero attached hydrogens (tertiary/aromatic N) is 3. The molecule has 0 aliphatic heterocycles. The Kier molecular flexibility index (Phi) is 2.14. The van der Waals surface area contributed by atoms with Crippen LogP contribution in [0.4, 0.5) is 0 Å². The zero-order valence-corrected chi connectivity index (χ0v) is 9.55.